The van der Waals surface area contributed by atoms with Crippen LogP contribution < -0.4 is 10.2 Å². The van der Waals surface area contributed by atoms with Crippen molar-refractivity contribution in [1.82, 2.24) is 25.0 Å². The van der Waals surface area contributed by atoms with Crippen molar-refractivity contribution < 1.29 is 14.6 Å². The van der Waals surface area contributed by atoms with Crippen molar-refractivity contribution in [2.24, 2.45) is 0 Å². The van der Waals surface area contributed by atoms with Crippen molar-refractivity contribution in [1.29, 1.82) is 0 Å². The Labute approximate surface area is 234 Å². The Kier molecular flexibility index (Phi) is 7.92. The molecule has 0 radical (unpaired) electrons. The third-order valence-corrected chi connectivity index (χ3v) is 8.05. The number of benzene rings is 2. The molecule has 0 atom stereocenters. The van der Waals surface area contributed by atoms with E-state index in [-0.39, 0.29) is 18.1 Å². The van der Waals surface area contributed by atoms with Crippen LogP contribution in [-0.4, -0.2) is 82.7 Å². The maximum Gasteiger partial charge on any atom is 0.224 e. The molecule has 2 aromatic carbocycles. The Balaban J connectivity index is 1.09. The summed E-state index contributed by atoms with van der Waals surface area (Å²) >= 11 is 0. The van der Waals surface area contributed by atoms with Crippen LogP contribution >= 0.6 is 0 Å². The molecule has 9 heteroatoms. The number of fused-ring (bicyclic) bond motifs is 1. The average molecular weight is 541 g/mol. The molecule has 2 aromatic heterocycles. The molecule has 208 valence electrons. The number of carbonyl (C=O) groups is 1. The van der Waals surface area contributed by atoms with Crippen LogP contribution in [-0.2, 0) is 22.4 Å². The Morgan fingerprint density at radius 2 is 1.65 bits per heavy atom. The fourth-order valence-electron chi connectivity index (χ4n) is 5.84. The van der Waals surface area contributed by atoms with Crippen molar-refractivity contribution in [3.63, 3.8) is 0 Å². The van der Waals surface area contributed by atoms with Gasteiger partial charge in [-0.25, -0.2) is 0 Å². The molecule has 6 rings (SSSR count). The number of phenolic OH excluding ortho intramolecular Hbond substituents is 1. The molecule has 0 bridgehead atoms. The zero-order chi connectivity index (χ0) is 27.3. The summed E-state index contributed by atoms with van der Waals surface area (Å²) in [5.74, 6) is 1.87. The number of rotatable bonds is 8. The highest BCUT2D eigenvalue weighted by Gasteiger charge is 2.26. The molecule has 2 fully saturated rings. The van der Waals surface area contributed by atoms with Crippen LogP contribution in [0.25, 0.3) is 16.7 Å². The number of para-hydroxylation sites is 1. The quantitative estimate of drug-likeness (QED) is 0.354. The Hall–Kier alpha value is -3.95. The van der Waals surface area contributed by atoms with Gasteiger partial charge in [0.05, 0.1) is 25.2 Å². The number of amides is 1. The first-order chi connectivity index (χ1) is 19.6. The molecule has 0 unspecified atom stereocenters. The molecule has 40 heavy (non-hydrogen) atoms. The van der Waals surface area contributed by atoms with E-state index in [4.69, 9.17) is 4.74 Å². The van der Waals surface area contributed by atoms with Gasteiger partial charge in [0.25, 0.3) is 0 Å². The van der Waals surface area contributed by atoms with Crippen LogP contribution in [0.2, 0.25) is 0 Å². The molecular weight excluding hydrogens is 504 g/mol. The fraction of sp³-hybridized carbons (Fsp3) is 0.387. The van der Waals surface area contributed by atoms with E-state index < -0.39 is 0 Å². The van der Waals surface area contributed by atoms with E-state index in [1.54, 1.807) is 12.1 Å². The number of nitrogens with zero attached hydrogens (tertiary/aromatic N) is 5. The van der Waals surface area contributed by atoms with E-state index >= 15 is 0 Å². The van der Waals surface area contributed by atoms with Gasteiger partial charge in [0.2, 0.25) is 5.91 Å². The molecule has 0 aliphatic carbocycles. The zero-order valence-electron chi connectivity index (χ0n) is 22.7. The van der Waals surface area contributed by atoms with Crippen LogP contribution in [0.15, 0.2) is 66.9 Å². The lowest BCUT2D eigenvalue weighted by Gasteiger charge is -2.40. The van der Waals surface area contributed by atoms with Gasteiger partial charge < -0.3 is 20.1 Å². The number of aromatic nitrogens is 3. The molecular formula is C31H36N6O3. The van der Waals surface area contributed by atoms with E-state index in [1.807, 2.05) is 53.2 Å². The minimum atomic E-state index is -0.0244. The topological polar surface area (TPSA) is 95.8 Å². The minimum absolute atomic E-state index is 0.0244. The van der Waals surface area contributed by atoms with Crippen LogP contribution in [0, 0.1) is 0 Å². The highest BCUT2D eigenvalue weighted by molar-refractivity contribution is 5.90. The number of phenols is 1. The monoisotopic (exact) mass is 540 g/mol. The number of ether oxygens (including phenoxy) is 1. The Morgan fingerprint density at radius 3 is 2.40 bits per heavy atom. The lowest BCUT2D eigenvalue weighted by molar-refractivity contribution is -0.120. The first-order valence-corrected chi connectivity index (χ1v) is 14.2. The lowest BCUT2D eigenvalue weighted by atomic mass is 10.0. The highest BCUT2D eigenvalue weighted by Crippen LogP contribution is 2.26. The third-order valence-electron chi connectivity index (χ3n) is 8.05. The predicted octanol–water partition coefficient (Wildman–Crippen LogP) is 3.33. The van der Waals surface area contributed by atoms with Crippen LogP contribution in [0.3, 0.4) is 0 Å². The highest BCUT2D eigenvalue weighted by atomic mass is 16.5. The average Bonchev–Trinajstić information content (AvgIpc) is 3.37. The van der Waals surface area contributed by atoms with E-state index in [1.165, 1.54) is 0 Å². The van der Waals surface area contributed by atoms with Gasteiger partial charge in [-0.1, -0.05) is 30.3 Å². The second kappa shape index (κ2) is 12.1. The van der Waals surface area contributed by atoms with Gasteiger partial charge in [0, 0.05) is 50.3 Å². The summed E-state index contributed by atoms with van der Waals surface area (Å²) in [7, 11) is 0. The number of anilines is 1. The number of hydrogen-bond donors (Lipinski definition) is 2. The van der Waals surface area contributed by atoms with Gasteiger partial charge >= 0.3 is 0 Å². The summed E-state index contributed by atoms with van der Waals surface area (Å²) in [5, 5.41) is 22.7. The number of carbonyl (C=O) groups excluding carboxylic acids is 1. The SMILES string of the molecule is O=C(Cc1cn(-c2ccc(N3CCC(N4CCOCC4)CC3)nn2)c2ccccc12)NCCc1ccc(O)cc1. The lowest BCUT2D eigenvalue weighted by Crippen LogP contribution is -2.49. The zero-order valence-corrected chi connectivity index (χ0v) is 22.7. The Morgan fingerprint density at radius 1 is 0.925 bits per heavy atom. The molecule has 0 saturated carbocycles. The van der Waals surface area contributed by atoms with Gasteiger partial charge in [0.1, 0.15) is 5.75 Å². The van der Waals surface area contributed by atoms with Gasteiger partial charge in [-0.2, -0.15) is 0 Å². The van der Waals surface area contributed by atoms with E-state index in [9.17, 15) is 9.90 Å². The van der Waals surface area contributed by atoms with E-state index in [2.05, 4.69) is 31.4 Å². The Bertz CT molecular complexity index is 1420. The molecule has 4 aromatic rings. The second-order valence-electron chi connectivity index (χ2n) is 10.6. The number of nitrogens with one attached hydrogen (secondary N) is 1. The van der Waals surface area contributed by atoms with Crippen LogP contribution in [0.1, 0.15) is 24.0 Å². The minimum Gasteiger partial charge on any atom is -0.508 e. The van der Waals surface area contributed by atoms with Gasteiger partial charge in [-0.05, 0) is 60.7 Å². The number of aromatic hydroxyl groups is 1. The summed E-state index contributed by atoms with van der Waals surface area (Å²) in [5.41, 5.74) is 3.02. The molecule has 1 amide bonds. The maximum atomic E-state index is 12.8. The standard InChI is InChI=1S/C31H36N6O3/c38-26-7-5-23(6-8-26)11-14-32-31(39)21-24-22-37(28-4-2-1-3-27(24)28)30-10-9-29(33-34-30)36-15-12-25(13-16-36)35-17-19-40-20-18-35/h1-10,22,25,38H,11-21H2,(H,32,39). The summed E-state index contributed by atoms with van der Waals surface area (Å²) in [6.07, 6.45) is 5.26. The van der Waals surface area contributed by atoms with Crippen LogP contribution in [0.5, 0.6) is 5.75 Å². The number of hydrogen-bond acceptors (Lipinski definition) is 7. The largest absolute Gasteiger partial charge is 0.508 e. The summed E-state index contributed by atoms with van der Waals surface area (Å²) < 4.78 is 7.53. The normalized spacial score (nSPS) is 16.9. The summed E-state index contributed by atoms with van der Waals surface area (Å²) in [6.45, 7) is 6.26. The number of piperidine rings is 1. The van der Waals surface area contributed by atoms with Crippen molar-refractivity contribution in [3.8, 4) is 11.6 Å². The molecule has 2 aliphatic rings. The predicted molar refractivity (Wildman–Crippen MR) is 155 cm³/mol. The van der Waals surface area contributed by atoms with Gasteiger partial charge in [-0.15, -0.1) is 10.2 Å². The van der Waals surface area contributed by atoms with Crippen molar-refractivity contribution in [2.75, 3.05) is 50.8 Å². The first-order valence-electron chi connectivity index (χ1n) is 14.2. The maximum absolute atomic E-state index is 12.8. The van der Waals surface area contributed by atoms with Crippen molar-refractivity contribution in [3.05, 3.63) is 78.0 Å². The second-order valence-corrected chi connectivity index (χ2v) is 10.6. The van der Waals surface area contributed by atoms with Crippen molar-refractivity contribution in [2.45, 2.75) is 31.7 Å². The third kappa shape index (κ3) is 5.95. The molecule has 2 N–H and O–H groups in total. The first kappa shape index (κ1) is 26.3. The molecule has 0 spiro atoms. The van der Waals surface area contributed by atoms with Gasteiger partial charge in [0.15, 0.2) is 11.6 Å². The summed E-state index contributed by atoms with van der Waals surface area (Å²) in [4.78, 5) is 17.7. The van der Waals surface area contributed by atoms with Crippen molar-refractivity contribution >= 4 is 22.6 Å². The molecule has 4 heterocycles. The molecule has 9 nitrogen and oxygen atoms in total. The number of morpholine rings is 1. The van der Waals surface area contributed by atoms with Crippen LogP contribution in [0.4, 0.5) is 5.82 Å². The molecule has 2 aliphatic heterocycles. The summed E-state index contributed by atoms with van der Waals surface area (Å²) in [6, 6.07) is 19.9. The van der Waals surface area contributed by atoms with E-state index in [0.29, 0.717) is 19.0 Å². The van der Waals surface area contributed by atoms with E-state index in [0.717, 1.165) is 85.9 Å². The smallest absolute Gasteiger partial charge is 0.224 e. The molecule has 2 saturated heterocycles. The van der Waals surface area contributed by atoms with Gasteiger partial charge in [-0.3, -0.25) is 14.3 Å². The fourth-order valence-corrected chi connectivity index (χ4v) is 5.84.